The summed E-state index contributed by atoms with van der Waals surface area (Å²) in [5.41, 5.74) is 5.94. The fraction of sp³-hybridized carbons (Fsp3) is 0.500. The highest BCUT2D eigenvalue weighted by Crippen LogP contribution is 2.23. The maximum absolute atomic E-state index is 9.55. The van der Waals surface area contributed by atoms with Crippen LogP contribution in [0, 0.1) is 0 Å². The zero-order chi connectivity index (χ0) is 11.5. The molecule has 0 heterocycles. The summed E-state index contributed by atoms with van der Waals surface area (Å²) in [7, 11) is 0. The quantitative estimate of drug-likeness (QED) is 0.795. The van der Waals surface area contributed by atoms with E-state index in [9.17, 15) is 5.11 Å². The minimum absolute atomic E-state index is 0.0667. The topological polar surface area (TPSA) is 55.5 Å². The van der Waals surface area contributed by atoms with Gasteiger partial charge in [-0.15, -0.1) is 0 Å². The first-order valence-electron chi connectivity index (χ1n) is 5.10. The average molecular weight is 209 g/mol. The Bertz CT molecular complexity index is 316. The Hall–Kier alpha value is -1.06. The second kappa shape index (κ2) is 4.64. The van der Waals surface area contributed by atoms with E-state index < -0.39 is 5.60 Å². The van der Waals surface area contributed by atoms with Crippen LogP contribution in [0.3, 0.4) is 0 Å². The summed E-state index contributed by atoms with van der Waals surface area (Å²) in [4.78, 5) is 0. The lowest BCUT2D eigenvalue weighted by Gasteiger charge is -2.20. The van der Waals surface area contributed by atoms with Crippen LogP contribution < -0.4 is 10.5 Å². The van der Waals surface area contributed by atoms with Crippen LogP contribution in [-0.4, -0.2) is 17.3 Å². The van der Waals surface area contributed by atoms with Crippen molar-refractivity contribution in [2.45, 2.75) is 32.4 Å². The largest absolute Gasteiger partial charge is 0.490 e. The van der Waals surface area contributed by atoms with E-state index in [2.05, 4.69) is 0 Å². The van der Waals surface area contributed by atoms with Gasteiger partial charge in [0.15, 0.2) is 0 Å². The molecule has 84 valence electrons. The van der Waals surface area contributed by atoms with Gasteiger partial charge in [0.25, 0.3) is 0 Å². The van der Waals surface area contributed by atoms with Crippen molar-refractivity contribution in [3.8, 4) is 5.75 Å². The van der Waals surface area contributed by atoms with Crippen LogP contribution in [0.15, 0.2) is 24.3 Å². The average Bonchev–Trinajstić information content (AvgIpc) is 2.14. The number of benzene rings is 1. The van der Waals surface area contributed by atoms with Crippen LogP contribution in [0.2, 0.25) is 0 Å². The predicted molar refractivity (Wildman–Crippen MR) is 60.8 cm³/mol. The smallest absolute Gasteiger partial charge is 0.124 e. The molecule has 0 radical (unpaired) electrons. The molecule has 3 nitrogen and oxygen atoms in total. The highest BCUT2D eigenvalue weighted by molar-refractivity contribution is 5.35. The Labute approximate surface area is 90.9 Å². The SMILES string of the molecule is C[C@@H](N)c1ccccc1OCC(C)(C)O. The molecule has 15 heavy (non-hydrogen) atoms. The summed E-state index contributed by atoms with van der Waals surface area (Å²) in [6.45, 7) is 5.59. The van der Waals surface area contributed by atoms with Gasteiger partial charge in [0.2, 0.25) is 0 Å². The third-order valence-corrected chi connectivity index (χ3v) is 1.99. The number of hydrogen-bond donors (Lipinski definition) is 2. The molecule has 0 fully saturated rings. The van der Waals surface area contributed by atoms with E-state index in [-0.39, 0.29) is 12.6 Å². The Morgan fingerprint density at radius 3 is 2.53 bits per heavy atom. The molecular formula is C12H19NO2. The summed E-state index contributed by atoms with van der Waals surface area (Å²) < 4.78 is 5.53. The summed E-state index contributed by atoms with van der Waals surface area (Å²) >= 11 is 0. The van der Waals surface area contributed by atoms with E-state index in [0.29, 0.717) is 0 Å². The van der Waals surface area contributed by atoms with Crippen LogP contribution in [0.4, 0.5) is 0 Å². The van der Waals surface area contributed by atoms with Crippen molar-refractivity contribution in [1.29, 1.82) is 0 Å². The molecule has 0 unspecified atom stereocenters. The maximum atomic E-state index is 9.55. The minimum atomic E-state index is -0.828. The molecule has 0 amide bonds. The molecule has 0 spiro atoms. The Morgan fingerprint density at radius 2 is 2.00 bits per heavy atom. The van der Waals surface area contributed by atoms with E-state index >= 15 is 0 Å². The maximum Gasteiger partial charge on any atom is 0.124 e. The highest BCUT2D eigenvalue weighted by Gasteiger charge is 2.15. The molecule has 0 saturated carbocycles. The second-order valence-corrected chi connectivity index (χ2v) is 4.43. The third-order valence-electron chi connectivity index (χ3n) is 1.99. The number of aliphatic hydroxyl groups is 1. The number of hydrogen-bond acceptors (Lipinski definition) is 3. The van der Waals surface area contributed by atoms with Crippen LogP contribution in [-0.2, 0) is 0 Å². The molecule has 1 aromatic rings. The lowest BCUT2D eigenvalue weighted by molar-refractivity contribution is 0.0280. The second-order valence-electron chi connectivity index (χ2n) is 4.43. The van der Waals surface area contributed by atoms with Crippen molar-refractivity contribution in [1.82, 2.24) is 0 Å². The fourth-order valence-corrected chi connectivity index (χ4v) is 1.24. The van der Waals surface area contributed by atoms with Crippen molar-refractivity contribution in [3.63, 3.8) is 0 Å². The lowest BCUT2D eigenvalue weighted by Crippen LogP contribution is -2.28. The molecule has 0 aliphatic rings. The fourth-order valence-electron chi connectivity index (χ4n) is 1.24. The van der Waals surface area contributed by atoms with Crippen molar-refractivity contribution in [2.75, 3.05) is 6.61 Å². The lowest BCUT2D eigenvalue weighted by atomic mass is 10.1. The number of para-hydroxylation sites is 1. The van der Waals surface area contributed by atoms with E-state index in [4.69, 9.17) is 10.5 Å². The first-order chi connectivity index (χ1) is 6.90. The zero-order valence-corrected chi connectivity index (χ0v) is 9.53. The van der Waals surface area contributed by atoms with Crippen molar-refractivity contribution < 1.29 is 9.84 Å². The van der Waals surface area contributed by atoms with Crippen LogP contribution in [0.25, 0.3) is 0 Å². The molecule has 0 aliphatic carbocycles. The number of ether oxygens (including phenoxy) is 1. The molecule has 3 N–H and O–H groups in total. The van der Waals surface area contributed by atoms with Gasteiger partial charge in [0, 0.05) is 11.6 Å². The summed E-state index contributed by atoms with van der Waals surface area (Å²) in [6.07, 6.45) is 0. The molecule has 1 aromatic carbocycles. The minimum Gasteiger partial charge on any atom is -0.490 e. The first-order valence-corrected chi connectivity index (χ1v) is 5.10. The van der Waals surface area contributed by atoms with Crippen molar-refractivity contribution in [2.24, 2.45) is 5.73 Å². The number of nitrogens with two attached hydrogens (primary N) is 1. The molecule has 0 aromatic heterocycles. The molecule has 1 atom stereocenters. The van der Waals surface area contributed by atoms with Crippen molar-refractivity contribution in [3.05, 3.63) is 29.8 Å². The van der Waals surface area contributed by atoms with Gasteiger partial charge >= 0.3 is 0 Å². The Balaban J connectivity index is 2.76. The van der Waals surface area contributed by atoms with E-state index in [0.717, 1.165) is 11.3 Å². The molecule has 0 bridgehead atoms. The van der Waals surface area contributed by atoms with Gasteiger partial charge < -0.3 is 15.6 Å². The van der Waals surface area contributed by atoms with Gasteiger partial charge in [-0.25, -0.2) is 0 Å². The van der Waals surface area contributed by atoms with Crippen LogP contribution >= 0.6 is 0 Å². The molecular weight excluding hydrogens is 190 g/mol. The van der Waals surface area contributed by atoms with Crippen LogP contribution in [0.5, 0.6) is 5.75 Å². The van der Waals surface area contributed by atoms with Gasteiger partial charge in [0.1, 0.15) is 12.4 Å². The molecule has 3 heteroatoms. The normalized spacial score (nSPS) is 13.7. The standard InChI is InChI=1S/C12H19NO2/c1-9(13)10-6-4-5-7-11(10)15-8-12(2,3)14/h4-7,9,14H,8,13H2,1-3H3/t9-/m1/s1. The zero-order valence-electron chi connectivity index (χ0n) is 9.53. The Morgan fingerprint density at radius 1 is 1.40 bits per heavy atom. The summed E-state index contributed by atoms with van der Waals surface area (Å²) in [5, 5.41) is 9.55. The molecule has 1 rings (SSSR count). The van der Waals surface area contributed by atoms with Gasteiger partial charge in [-0.2, -0.15) is 0 Å². The predicted octanol–water partition coefficient (Wildman–Crippen LogP) is 1.86. The Kier molecular flexibility index (Phi) is 3.72. The summed E-state index contributed by atoms with van der Waals surface area (Å²) in [6, 6.07) is 7.55. The highest BCUT2D eigenvalue weighted by atomic mass is 16.5. The van der Waals surface area contributed by atoms with E-state index in [1.807, 2.05) is 31.2 Å². The monoisotopic (exact) mass is 209 g/mol. The van der Waals surface area contributed by atoms with Crippen LogP contribution in [0.1, 0.15) is 32.4 Å². The summed E-state index contributed by atoms with van der Waals surface area (Å²) in [5.74, 6) is 0.745. The first kappa shape index (κ1) is 12.0. The van der Waals surface area contributed by atoms with E-state index in [1.54, 1.807) is 13.8 Å². The van der Waals surface area contributed by atoms with Gasteiger partial charge in [-0.1, -0.05) is 18.2 Å². The third kappa shape index (κ3) is 3.90. The van der Waals surface area contributed by atoms with Gasteiger partial charge in [0.05, 0.1) is 5.60 Å². The molecule has 0 saturated heterocycles. The molecule has 0 aliphatic heterocycles. The van der Waals surface area contributed by atoms with Gasteiger partial charge in [-0.3, -0.25) is 0 Å². The number of rotatable bonds is 4. The van der Waals surface area contributed by atoms with E-state index in [1.165, 1.54) is 0 Å². The van der Waals surface area contributed by atoms with Crippen molar-refractivity contribution >= 4 is 0 Å². The van der Waals surface area contributed by atoms with Gasteiger partial charge in [-0.05, 0) is 26.8 Å².